The number of nitrogens with zero attached hydrogens (tertiary/aromatic N) is 2. The third kappa shape index (κ3) is 5.66. The second-order valence-electron chi connectivity index (χ2n) is 8.42. The number of hydrogen-bond donors (Lipinski definition) is 1. The largest absolute Gasteiger partial charge is 0.444 e. The van der Waals surface area contributed by atoms with E-state index in [9.17, 15) is 13.2 Å². The zero-order valence-corrected chi connectivity index (χ0v) is 18.7. The molecule has 8 heteroatoms. The molecule has 7 nitrogen and oxygen atoms in total. The molecular formula is C22H29N3O4S. The second-order valence-corrected chi connectivity index (χ2v) is 10.1. The van der Waals surface area contributed by atoms with Crippen LogP contribution in [0, 0.1) is 6.92 Å². The van der Waals surface area contributed by atoms with Crippen LogP contribution in [0.25, 0.3) is 0 Å². The van der Waals surface area contributed by atoms with Crippen molar-refractivity contribution in [2.75, 3.05) is 35.8 Å². The Morgan fingerprint density at radius 2 is 1.50 bits per heavy atom. The van der Waals surface area contributed by atoms with Crippen molar-refractivity contribution in [1.82, 2.24) is 4.90 Å². The van der Waals surface area contributed by atoms with Crippen LogP contribution in [0.4, 0.5) is 16.2 Å². The maximum Gasteiger partial charge on any atom is 0.410 e. The predicted molar refractivity (Wildman–Crippen MR) is 118 cm³/mol. The predicted octanol–water partition coefficient (Wildman–Crippen LogP) is 3.85. The van der Waals surface area contributed by atoms with Crippen molar-refractivity contribution in [1.29, 1.82) is 0 Å². The number of piperazine rings is 1. The van der Waals surface area contributed by atoms with Gasteiger partial charge in [0.2, 0.25) is 0 Å². The van der Waals surface area contributed by atoms with Gasteiger partial charge in [-0.1, -0.05) is 17.7 Å². The molecule has 0 radical (unpaired) electrons. The summed E-state index contributed by atoms with van der Waals surface area (Å²) in [6, 6.07) is 14.0. The van der Waals surface area contributed by atoms with Crippen LogP contribution in [0.3, 0.4) is 0 Å². The third-order valence-electron chi connectivity index (χ3n) is 4.75. The fourth-order valence-corrected chi connectivity index (χ4v) is 4.20. The summed E-state index contributed by atoms with van der Waals surface area (Å²) in [5.74, 6) is 0. The Kier molecular flexibility index (Phi) is 6.26. The van der Waals surface area contributed by atoms with E-state index in [1.807, 2.05) is 39.8 Å². The molecule has 30 heavy (non-hydrogen) atoms. The topological polar surface area (TPSA) is 79.0 Å². The van der Waals surface area contributed by atoms with Gasteiger partial charge in [0.15, 0.2) is 0 Å². The first-order valence-corrected chi connectivity index (χ1v) is 11.4. The lowest BCUT2D eigenvalue weighted by Gasteiger charge is -2.36. The minimum atomic E-state index is -3.62. The number of amides is 1. The first-order chi connectivity index (χ1) is 14.0. The molecule has 0 aromatic heterocycles. The van der Waals surface area contributed by atoms with Crippen molar-refractivity contribution in [3.63, 3.8) is 0 Å². The zero-order chi connectivity index (χ0) is 21.9. The Labute approximate surface area is 178 Å². The maximum absolute atomic E-state index is 12.5. The van der Waals surface area contributed by atoms with Gasteiger partial charge in [0.05, 0.1) is 4.90 Å². The van der Waals surface area contributed by atoms with Gasteiger partial charge in [-0.3, -0.25) is 4.72 Å². The number of sulfonamides is 1. The minimum Gasteiger partial charge on any atom is -0.444 e. The molecule has 1 amide bonds. The molecule has 3 rings (SSSR count). The number of aryl methyl sites for hydroxylation is 1. The van der Waals surface area contributed by atoms with Gasteiger partial charge in [0.1, 0.15) is 5.60 Å². The number of ether oxygens (including phenoxy) is 1. The average molecular weight is 432 g/mol. The monoisotopic (exact) mass is 431 g/mol. The highest BCUT2D eigenvalue weighted by Crippen LogP contribution is 2.22. The van der Waals surface area contributed by atoms with Gasteiger partial charge in [0.25, 0.3) is 10.0 Å². The van der Waals surface area contributed by atoms with Crippen molar-refractivity contribution in [2.45, 2.75) is 38.2 Å². The van der Waals surface area contributed by atoms with E-state index in [-0.39, 0.29) is 11.0 Å². The van der Waals surface area contributed by atoms with E-state index >= 15 is 0 Å². The highest BCUT2D eigenvalue weighted by molar-refractivity contribution is 7.92. The molecule has 1 heterocycles. The van der Waals surface area contributed by atoms with E-state index in [0.29, 0.717) is 31.9 Å². The molecule has 0 unspecified atom stereocenters. The van der Waals surface area contributed by atoms with Crippen LogP contribution in [-0.2, 0) is 14.8 Å². The lowest BCUT2D eigenvalue weighted by molar-refractivity contribution is 0.0240. The van der Waals surface area contributed by atoms with Gasteiger partial charge in [-0.2, -0.15) is 0 Å². The summed E-state index contributed by atoms with van der Waals surface area (Å²) in [5.41, 5.74) is 1.99. The summed E-state index contributed by atoms with van der Waals surface area (Å²) in [5, 5.41) is 0. The van der Waals surface area contributed by atoms with Crippen molar-refractivity contribution in [2.24, 2.45) is 0 Å². The molecule has 0 spiro atoms. The fraction of sp³-hybridized carbons (Fsp3) is 0.409. The van der Waals surface area contributed by atoms with E-state index in [2.05, 4.69) is 9.62 Å². The number of benzene rings is 2. The molecule has 0 atom stereocenters. The standard InChI is InChI=1S/C22H29N3O4S/c1-17-5-11-20(12-6-17)30(27,28)23-18-7-9-19(10-8-18)24-13-15-25(16-14-24)21(26)29-22(2,3)4/h5-12,23H,13-16H2,1-4H3. The first-order valence-electron chi connectivity index (χ1n) is 9.96. The molecule has 1 N–H and O–H groups in total. The van der Waals surface area contributed by atoms with Crippen molar-refractivity contribution in [3.05, 3.63) is 54.1 Å². The number of anilines is 2. The molecule has 0 saturated carbocycles. The van der Waals surface area contributed by atoms with Crippen LogP contribution in [-0.4, -0.2) is 51.2 Å². The minimum absolute atomic E-state index is 0.232. The van der Waals surface area contributed by atoms with E-state index in [1.165, 1.54) is 0 Å². The van der Waals surface area contributed by atoms with Crippen molar-refractivity contribution in [3.8, 4) is 0 Å². The molecule has 1 saturated heterocycles. The highest BCUT2D eigenvalue weighted by Gasteiger charge is 2.26. The summed E-state index contributed by atoms with van der Waals surface area (Å²) in [6.07, 6.45) is -0.289. The number of carbonyl (C=O) groups is 1. The first kappa shape index (κ1) is 22.0. The Bertz CT molecular complexity index is 973. The van der Waals surface area contributed by atoms with E-state index in [4.69, 9.17) is 4.74 Å². The molecular weight excluding hydrogens is 402 g/mol. The quantitative estimate of drug-likeness (QED) is 0.795. The Balaban J connectivity index is 1.59. The van der Waals surface area contributed by atoms with Gasteiger partial charge in [-0.15, -0.1) is 0 Å². The summed E-state index contributed by atoms with van der Waals surface area (Å²) >= 11 is 0. The molecule has 162 valence electrons. The molecule has 1 fully saturated rings. The summed E-state index contributed by atoms with van der Waals surface area (Å²) in [7, 11) is -3.62. The van der Waals surface area contributed by atoms with Gasteiger partial charge in [0, 0.05) is 37.6 Å². The summed E-state index contributed by atoms with van der Waals surface area (Å²) < 4.78 is 33.1. The number of rotatable bonds is 4. The lowest BCUT2D eigenvalue weighted by Crippen LogP contribution is -2.50. The van der Waals surface area contributed by atoms with Crippen LogP contribution in [0.15, 0.2) is 53.4 Å². The van der Waals surface area contributed by atoms with Crippen LogP contribution >= 0.6 is 0 Å². The molecule has 1 aliphatic heterocycles. The number of hydrogen-bond acceptors (Lipinski definition) is 5. The maximum atomic E-state index is 12.5. The molecule has 2 aromatic rings. The third-order valence-corrected chi connectivity index (χ3v) is 6.14. The Morgan fingerprint density at radius 3 is 2.03 bits per heavy atom. The Morgan fingerprint density at radius 1 is 0.933 bits per heavy atom. The molecule has 1 aliphatic rings. The van der Waals surface area contributed by atoms with Crippen LogP contribution in [0.1, 0.15) is 26.3 Å². The fourth-order valence-electron chi connectivity index (χ4n) is 3.15. The van der Waals surface area contributed by atoms with Gasteiger partial charge in [-0.25, -0.2) is 13.2 Å². The highest BCUT2D eigenvalue weighted by atomic mass is 32.2. The smallest absolute Gasteiger partial charge is 0.410 e. The summed E-state index contributed by atoms with van der Waals surface area (Å²) in [6.45, 7) is 10.0. The zero-order valence-electron chi connectivity index (χ0n) is 17.9. The van der Waals surface area contributed by atoms with Gasteiger partial charge < -0.3 is 14.5 Å². The van der Waals surface area contributed by atoms with Crippen LogP contribution < -0.4 is 9.62 Å². The molecule has 0 bridgehead atoms. The normalized spacial score (nSPS) is 15.1. The van der Waals surface area contributed by atoms with E-state index < -0.39 is 15.6 Å². The second kappa shape index (κ2) is 8.55. The lowest BCUT2D eigenvalue weighted by atomic mass is 10.2. The van der Waals surface area contributed by atoms with E-state index in [0.717, 1.165) is 11.3 Å². The van der Waals surface area contributed by atoms with Crippen molar-refractivity contribution >= 4 is 27.5 Å². The van der Waals surface area contributed by atoms with Gasteiger partial charge >= 0.3 is 6.09 Å². The summed E-state index contributed by atoms with van der Waals surface area (Å²) in [4.78, 5) is 16.3. The van der Waals surface area contributed by atoms with Crippen molar-refractivity contribution < 1.29 is 17.9 Å². The number of carbonyl (C=O) groups excluding carboxylic acids is 1. The van der Waals surface area contributed by atoms with Crippen LogP contribution in [0.2, 0.25) is 0 Å². The van der Waals surface area contributed by atoms with Gasteiger partial charge in [-0.05, 0) is 64.1 Å². The SMILES string of the molecule is Cc1ccc(S(=O)(=O)Nc2ccc(N3CCN(C(=O)OC(C)(C)C)CC3)cc2)cc1. The molecule has 0 aliphatic carbocycles. The van der Waals surface area contributed by atoms with E-state index in [1.54, 1.807) is 41.3 Å². The van der Waals surface area contributed by atoms with Crippen LogP contribution in [0.5, 0.6) is 0 Å². The average Bonchev–Trinajstić information content (AvgIpc) is 2.67. The number of nitrogens with one attached hydrogen (secondary N) is 1. The Hall–Kier alpha value is -2.74. The molecule has 2 aromatic carbocycles.